The Morgan fingerprint density at radius 1 is 0.912 bits per heavy atom. The number of carbonyl (C=O) groups is 4. The zero-order chi connectivity index (χ0) is 40.2. The topological polar surface area (TPSA) is 117 Å². The van der Waals surface area contributed by atoms with Gasteiger partial charge in [-0.05, 0) is 90.0 Å². The summed E-state index contributed by atoms with van der Waals surface area (Å²) in [5.74, 6) is -2.09. The third-order valence-corrected chi connectivity index (χ3v) is 13.8. The van der Waals surface area contributed by atoms with Gasteiger partial charge in [0.1, 0.15) is 12.1 Å². The van der Waals surface area contributed by atoms with E-state index in [1.165, 1.54) is 0 Å². The Morgan fingerprint density at radius 2 is 1.56 bits per heavy atom. The molecule has 57 heavy (non-hydrogen) atoms. The molecular weight excluding hydrogens is 715 g/mol. The number of hydrogen-bond donors (Lipinski definition) is 2. The highest BCUT2D eigenvalue weighted by Crippen LogP contribution is 2.65. The summed E-state index contributed by atoms with van der Waals surface area (Å²) < 4.78 is 13.3. The minimum atomic E-state index is -1.13. The first-order valence-electron chi connectivity index (χ1n) is 20.7. The number of urea groups is 1. The molecule has 0 radical (unpaired) electrons. The molecule has 7 atom stereocenters. The molecular formula is C46H55BN4O6. The average Bonchev–Trinajstić information content (AvgIpc) is 3.85. The van der Waals surface area contributed by atoms with Gasteiger partial charge in [-0.15, -0.1) is 6.58 Å². The minimum absolute atomic E-state index is 0.0266. The minimum Gasteiger partial charge on any atom is -0.404 e. The van der Waals surface area contributed by atoms with Gasteiger partial charge < -0.3 is 24.8 Å². The number of aryl methyl sites for hydroxylation is 1. The van der Waals surface area contributed by atoms with Gasteiger partial charge in [0, 0.05) is 6.54 Å². The maximum atomic E-state index is 14.8. The van der Waals surface area contributed by atoms with Gasteiger partial charge in [0.25, 0.3) is 5.91 Å². The summed E-state index contributed by atoms with van der Waals surface area (Å²) in [6, 6.07) is 22.9. The Kier molecular flexibility index (Phi) is 10.4. The van der Waals surface area contributed by atoms with Gasteiger partial charge >= 0.3 is 13.1 Å². The van der Waals surface area contributed by atoms with Crippen molar-refractivity contribution in [2.24, 2.45) is 23.2 Å². The number of fused-ring (bicyclic) bond motifs is 3. The second-order valence-electron chi connectivity index (χ2n) is 17.9. The Labute approximate surface area is 336 Å². The lowest BCUT2D eigenvalue weighted by molar-refractivity contribution is -0.199. The second kappa shape index (κ2) is 15.2. The van der Waals surface area contributed by atoms with E-state index in [0.717, 1.165) is 52.0 Å². The molecule has 3 aromatic carbocycles. The molecule has 2 heterocycles. The van der Waals surface area contributed by atoms with E-state index in [-0.39, 0.29) is 29.9 Å². The molecule has 4 aliphatic carbocycles. The summed E-state index contributed by atoms with van der Waals surface area (Å²) in [7, 11) is -0.708. The highest BCUT2D eigenvalue weighted by molar-refractivity contribution is 6.48. The molecule has 5 amide bonds. The van der Waals surface area contributed by atoms with Crippen LogP contribution in [0.4, 0.5) is 4.79 Å². The molecule has 2 bridgehead atoms. The van der Waals surface area contributed by atoms with Crippen LogP contribution in [-0.2, 0) is 30.1 Å². The fourth-order valence-electron chi connectivity index (χ4n) is 10.5. The summed E-state index contributed by atoms with van der Waals surface area (Å²) in [5, 5.41) is 6.18. The van der Waals surface area contributed by atoms with Crippen LogP contribution in [0.25, 0.3) is 11.1 Å². The van der Waals surface area contributed by atoms with Gasteiger partial charge in [-0.2, -0.15) is 0 Å². The van der Waals surface area contributed by atoms with E-state index in [1.54, 1.807) is 11.0 Å². The first-order valence-corrected chi connectivity index (χ1v) is 20.7. The van der Waals surface area contributed by atoms with E-state index in [4.69, 9.17) is 9.31 Å². The van der Waals surface area contributed by atoms with Crippen molar-refractivity contribution in [2.45, 2.75) is 102 Å². The monoisotopic (exact) mass is 770 g/mol. The number of nitrogens with one attached hydrogen (secondary N) is 2. The zero-order valence-electron chi connectivity index (χ0n) is 33.8. The lowest BCUT2D eigenvalue weighted by Gasteiger charge is -2.64. The van der Waals surface area contributed by atoms with Crippen molar-refractivity contribution in [3.8, 4) is 11.1 Å². The predicted octanol–water partition coefficient (Wildman–Crippen LogP) is 6.53. The van der Waals surface area contributed by atoms with Crippen molar-refractivity contribution in [1.29, 1.82) is 0 Å². The van der Waals surface area contributed by atoms with E-state index in [0.29, 0.717) is 31.2 Å². The largest absolute Gasteiger partial charge is 0.482 e. The van der Waals surface area contributed by atoms with Crippen molar-refractivity contribution in [1.82, 2.24) is 20.4 Å². The molecule has 3 saturated carbocycles. The summed E-state index contributed by atoms with van der Waals surface area (Å²) in [5.41, 5.74) is 4.52. The van der Waals surface area contributed by atoms with Crippen molar-refractivity contribution in [3.05, 3.63) is 108 Å². The number of amides is 5. The Hall–Kier alpha value is -4.74. The second-order valence-corrected chi connectivity index (χ2v) is 17.9. The molecule has 2 aliphatic heterocycles. The molecule has 0 aromatic heterocycles. The molecule has 10 nitrogen and oxygen atoms in total. The molecule has 2 saturated heterocycles. The van der Waals surface area contributed by atoms with Gasteiger partial charge in [-0.3, -0.25) is 14.4 Å². The van der Waals surface area contributed by atoms with E-state index in [9.17, 15) is 19.2 Å². The van der Waals surface area contributed by atoms with E-state index in [2.05, 4.69) is 38.0 Å². The SMILES string of the molecule is C=CC[C@H](NC(=O)[C@@H]1CN(CCCc2ccccc2)C(=O)N1C(=O)[C@@H](NC(=O)C1c2ccccc2-c2ccccc21)C(C)C)B1O[C@@H]2CC3CC(C3(C)C)[C@]2(C)O1. The van der Waals surface area contributed by atoms with Crippen LogP contribution in [0.1, 0.15) is 82.9 Å². The van der Waals surface area contributed by atoms with Gasteiger partial charge in [0.2, 0.25) is 11.8 Å². The van der Waals surface area contributed by atoms with Crippen LogP contribution in [0, 0.1) is 23.2 Å². The quantitative estimate of drug-likeness (QED) is 0.151. The van der Waals surface area contributed by atoms with E-state index in [1.807, 2.05) is 92.7 Å². The molecule has 2 N–H and O–H groups in total. The molecule has 0 spiro atoms. The van der Waals surface area contributed by atoms with Crippen LogP contribution < -0.4 is 10.6 Å². The summed E-state index contributed by atoms with van der Waals surface area (Å²) >= 11 is 0. The number of rotatable bonds is 13. The number of nitrogens with zero attached hydrogens (tertiary/aromatic N) is 2. The van der Waals surface area contributed by atoms with Crippen molar-refractivity contribution in [3.63, 3.8) is 0 Å². The molecule has 3 aromatic rings. The normalized spacial score (nSPS) is 26.6. The lowest BCUT2D eigenvalue weighted by atomic mass is 9.43. The molecule has 5 fully saturated rings. The number of carbonyl (C=O) groups excluding carboxylic acids is 4. The summed E-state index contributed by atoms with van der Waals surface area (Å²) in [6.45, 7) is 14.8. The van der Waals surface area contributed by atoms with Crippen molar-refractivity contribution in [2.75, 3.05) is 13.1 Å². The van der Waals surface area contributed by atoms with Gasteiger partial charge in [0.05, 0.1) is 30.1 Å². The van der Waals surface area contributed by atoms with Gasteiger partial charge in [-0.1, -0.05) is 113 Å². The Balaban J connectivity index is 1.04. The van der Waals surface area contributed by atoms with E-state index < -0.39 is 54.5 Å². The van der Waals surface area contributed by atoms with Crippen LogP contribution in [0.5, 0.6) is 0 Å². The first kappa shape index (κ1) is 39.1. The van der Waals surface area contributed by atoms with Crippen LogP contribution in [0.2, 0.25) is 0 Å². The highest BCUT2D eigenvalue weighted by Gasteiger charge is 2.68. The lowest BCUT2D eigenvalue weighted by Crippen LogP contribution is -2.65. The van der Waals surface area contributed by atoms with Gasteiger partial charge in [-0.25, -0.2) is 9.69 Å². The molecule has 6 aliphatic rings. The fraction of sp³-hybridized carbons (Fsp3) is 0.478. The maximum Gasteiger partial charge on any atom is 0.482 e. The fourth-order valence-corrected chi connectivity index (χ4v) is 10.5. The van der Waals surface area contributed by atoms with Crippen molar-refractivity contribution < 1.29 is 28.5 Å². The standard InChI is InChI=1S/C46H55BN4O6/c1-7-16-38(47-56-37-26-30-25-36(45(30,4)5)46(37,6)57-47)48-41(52)35-27-50(24-15-19-29-17-9-8-10-18-29)44(55)51(35)43(54)40(28(2)3)49-42(53)39-33-22-13-11-20-31(33)32-21-12-14-23-34(32)39/h7-14,17-18,20-23,28,30,35-40H,1,15-16,19,24-27H2,2-6H3,(H,48,52)(H,49,53)/t30?,35-,36?,37+,38-,40-,46-/m0/s1. The predicted molar refractivity (Wildman–Crippen MR) is 220 cm³/mol. The Bertz CT molecular complexity index is 2010. The average molecular weight is 771 g/mol. The van der Waals surface area contributed by atoms with E-state index >= 15 is 0 Å². The van der Waals surface area contributed by atoms with Crippen molar-refractivity contribution >= 4 is 30.9 Å². The Morgan fingerprint density at radius 3 is 2.19 bits per heavy atom. The molecule has 11 heteroatoms. The zero-order valence-corrected chi connectivity index (χ0v) is 33.8. The summed E-state index contributed by atoms with van der Waals surface area (Å²) in [4.78, 5) is 60.7. The molecule has 2 unspecified atom stereocenters. The van der Waals surface area contributed by atoms with Gasteiger partial charge in [0.15, 0.2) is 0 Å². The van der Waals surface area contributed by atoms with Crippen LogP contribution in [0.15, 0.2) is 91.5 Å². The van der Waals surface area contributed by atoms with Crippen LogP contribution in [-0.4, -0.2) is 83.5 Å². The smallest absolute Gasteiger partial charge is 0.404 e. The first-order chi connectivity index (χ1) is 27.3. The van der Waals surface area contributed by atoms with Crippen LogP contribution >= 0.6 is 0 Å². The summed E-state index contributed by atoms with van der Waals surface area (Å²) in [6.07, 6.45) is 5.42. The maximum absolute atomic E-state index is 14.8. The third kappa shape index (κ3) is 6.80. The number of imide groups is 1. The highest BCUT2D eigenvalue weighted by atomic mass is 16.7. The third-order valence-electron chi connectivity index (χ3n) is 13.8. The molecule has 298 valence electrons. The van der Waals surface area contributed by atoms with Crippen LogP contribution in [0.3, 0.4) is 0 Å². The number of hydrogen-bond acceptors (Lipinski definition) is 6. The number of benzene rings is 3. The molecule has 9 rings (SSSR count).